The van der Waals surface area contributed by atoms with Gasteiger partial charge in [0, 0.05) is 15.4 Å². The average Bonchev–Trinajstić information content (AvgIpc) is 3.41. The van der Waals surface area contributed by atoms with Gasteiger partial charge in [-0.2, -0.15) is 9.78 Å². The van der Waals surface area contributed by atoms with E-state index in [9.17, 15) is 9.59 Å². The first-order valence-electron chi connectivity index (χ1n) is 12.9. The topological polar surface area (TPSA) is 105 Å². The summed E-state index contributed by atoms with van der Waals surface area (Å²) in [5, 5.41) is 5.84. The minimum absolute atomic E-state index is 0.240. The number of benzene rings is 3. The van der Waals surface area contributed by atoms with Crippen LogP contribution in [0.15, 0.2) is 83.9 Å². The van der Waals surface area contributed by atoms with Crippen LogP contribution >= 0.6 is 31.9 Å². The number of furan rings is 1. The lowest BCUT2D eigenvalue weighted by molar-refractivity contribution is -0.150. The van der Waals surface area contributed by atoms with Gasteiger partial charge in [0.25, 0.3) is 5.56 Å². The Morgan fingerprint density at radius 2 is 1.83 bits per heavy atom. The normalized spacial score (nSPS) is 12.2. The van der Waals surface area contributed by atoms with E-state index in [1.54, 1.807) is 38.1 Å². The molecular weight excluding hydrogens is 658 g/mol. The first-order valence-corrected chi connectivity index (χ1v) is 14.4. The van der Waals surface area contributed by atoms with E-state index in [0.717, 1.165) is 5.39 Å². The van der Waals surface area contributed by atoms with Crippen LogP contribution < -0.4 is 15.0 Å². The zero-order valence-electron chi connectivity index (χ0n) is 22.4. The van der Waals surface area contributed by atoms with Gasteiger partial charge in [0.05, 0.1) is 34.8 Å². The number of nitrogens with zero attached hydrogens (tertiary/aromatic N) is 3. The predicted molar refractivity (Wildman–Crippen MR) is 164 cm³/mol. The molecule has 210 valence electrons. The van der Waals surface area contributed by atoms with E-state index >= 15 is 0 Å². The Balaban J connectivity index is 1.62. The number of carbonyl (C=O) groups excluding carboxylic acids is 1. The molecule has 0 unspecified atom stereocenters. The number of carbonyl (C=O) groups is 1. The summed E-state index contributed by atoms with van der Waals surface area (Å²) in [6.45, 7) is 5.75. The summed E-state index contributed by atoms with van der Waals surface area (Å²) >= 11 is 7.13. The van der Waals surface area contributed by atoms with Crippen LogP contribution in [0.4, 0.5) is 0 Å². The highest BCUT2D eigenvalue weighted by Crippen LogP contribution is 2.43. The van der Waals surface area contributed by atoms with Crippen LogP contribution in [-0.4, -0.2) is 41.2 Å². The number of esters is 1. The van der Waals surface area contributed by atoms with Crippen LogP contribution in [0.5, 0.6) is 11.5 Å². The molecule has 5 rings (SSSR count). The fourth-order valence-corrected chi connectivity index (χ4v) is 5.07. The molecule has 41 heavy (non-hydrogen) atoms. The third-order valence-electron chi connectivity index (χ3n) is 6.08. The van der Waals surface area contributed by atoms with Crippen LogP contribution in [0, 0.1) is 0 Å². The highest BCUT2D eigenvalue weighted by atomic mass is 79.9. The number of hydrogen-bond acceptors (Lipinski definition) is 8. The van der Waals surface area contributed by atoms with Gasteiger partial charge in [0.1, 0.15) is 5.58 Å². The van der Waals surface area contributed by atoms with Crippen molar-refractivity contribution in [2.45, 2.75) is 26.9 Å². The van der Waals surface area contributed by atoms with Crippen LogP contribution in [-0.2, 0) is 9.53 Å². The fourth-order valence-electron chi connectivity index (χ4n) is 4.16. The second-order valence-electron chi connectivity index (χ2n) is 8.83. The van der Waals surface area contributed by atoms with E-state index in [0.29, 0.717) is 54.9 Å². The lowest BCUT2D eigenvalue weighted by Gasteiger charge is -2.19. The van der Waals surface area contributed by atoms with Crippen LogP contribution in [0.2, 0.25) is 0 Å². The molecule has 2 heterocycles. The third-order valence-corrected chi connectivity index (χ3v) is 8.22. The molecule has 0 N–H and O–H groups in total. The summed E-state index contributed by atoms with van der Waals surface area (Å²) in [6, 6.07) is 18.2. The van der Waals surface area contributed by atoms with E-state index < -0.39 is 12.1 Å². The van der Waals surface area contributed by atoms with Crippen LogP contribution in [0.1, 0.15) is 26.3 Å². The van der Waals surface area contributed by atoms with Gasteiger partial charge >= 0.3 is 5.97 Å². The lowest BCUT2D eigenvalue weighted by Crippen LogP contribution is -2.26. The van der Waals surface area contributed by atoms with Crippen molar-refractivity contribution >= 4 is 65.9 Å². The van der Waals surface area contributed by atoms with Crippen molar-refractivity contribution in [3.8, 4) is 23.1 Å². The smallest absolute Gasteiger partial charge is 0.347 e. The minimum Gasteiger partial charge on any atom is -0.490 e. The second-order valence-corrected chi connectivity index (χ2v) is 10.4. The fraction of sp³-hybridized carbons (Fsp3) is 0.200. The first kappa shape index (κ1) is 28.6. The molecule has 0 spiro atoms. The zero-order chi connectivity index (χ0) is 29.1. The minimum atomic E-state index is -0.870. The SMILES string of the molecule is CCOC(=O)[C@@H](C)Oc1c(OCC)cc(C=Nn2c(-c3cc4ccccc4o3)nc3ccccc3c2=O)c(Br)c1Br. The molecule has 0 bridgehead atoms. The highest BCUT2D eigenvalue weighted by Gasteiger charge is 2.23. The molecule has 0 fully saturated rings. The summed E-state index contributed by atoms with van der Waals surface area (Å²) < 4.78 is 25.1. The number of fused-ring (bicyclic) bond motifs is 2. The number of aromatic nitrogens is 2. The van der Waals surface area contributed by atoms with Crippen molar-refractivity contribution < 1.29 is 23.4 Å². The van der Waals surface area contributed by atoms with Gasteiger partial charge in [-0.05, 0) is 83.0 Å². The van der Waals surface area contributed by atoms with Crippen molar-refractivity contribution in [2.24, 2.45) is 5.10 Å². The summed E-state index contributed by atoms with van der Waals surface area (Å²) in [6.07, 6.45) is 0.644. The van der Waals surface area contributed by atoms with Crippen LogP contribution in [0.25, 0.3) is 33.5 Å². The molecular formula is C30H25Br2N3O6. The Hall–Kier alpha value is -3.96. The molecule has 0 radical (unpaired) electrons. The summed E-state index contributed by atoms with van der Waals surface area (Å²) in [7, 11) is 0. The second kappa shape index (κ2) is 12.3. The Bertz CT molecular complexity index is 1810. The van der Waals surface area contributed by atoms with E-state index in [1.807, 2.05) is 43.3 Å². The van der Waals surface area contributed by atoms with Crippen molar-refractivity contribution in [3.05, 3.63) is 85.5 Å². The van der Waals surface area contributed by atoms with E-state index in [1.165, 1.54) is 10.9 Å². The van der Waals surface area contributed by atoms with Gasteiger partial charge in [-0.1, -0.05) is 30.3 Å². The molecule has 0 saturated heterocycles. The average molecular weight is 683 g/mol. The summed E-state index contributed by atoms with van der Waals surface area (Å²) in [5.41, 5.74) is 1.41. The number of rotatable bonds is 9. The molecule has 11 heteroatoms. The highest BCUT2D eigenvalue weighted by molar-refractivity contribution is 9.13. The Kier molecular flexibility index (Phi) is 8.55. The Labute approximate surface area is 252 Å². The zero-order valence-corrected chi connectivity index (χ0v) is 25.6. The molecule has 0 aliphatic rings. The molecule has 5 aromatic rings. The van der Waals surface area contributed by atoms with Gasteiger partial charge in [0.15, 0.2) is 23.4 Å². The predicted octanol–water partition coefficient (Wildman–Crippen LogP) is 6.95. The van der Waals surface area contributed by atoms with Crippen molar-refractivity contribution in [1.82, 2.24) is 9.66 Å². The largest absolute Gasteiger partial charge is 0.490 e. The summed E-state index contributed by atoms with van der Waals surface area (Å²) in [5.74, 6) is 0.859. The molecule has 1 atom stereocenters. The Morgan fingerprint density at radius 3 is 2.59 bits per heavy atom. The molecule has 0 aliphatic heterocycles. The van der Waals surface area contributed by atoms with Crippen LogP contribution in [0.3, 0.4) is 0 Å². The Morgan fingerprint density at radius 1 is 1.07 bits per heavy atom. The number of halogens is 2. The molecule has 2 aromatic heterocycles. The van der Waals surface area contributed by atoms with E-state index in [4.69, 9.17) is 23.6 Å². The monoisotopic (exact) mass is 681 g/mol. The molecule has 9 nitrogen and oxygen atoms in total. The van der Waals surface area contributed by atoms with Gasteiger partial charge < -0.3 is 18.6 Å². The molecule has 0 amide bonds. The van der Waals surface area contributed by atoms with E-state index in [-0.39, 0.29) is 18.0 Å². The van der Waals surface area contributed by atoms with Gasteiger partial charge in [-0.3, -0.25) is 4.79 Å². The number of hydrogen-bond donors (Lipinski definition) is 0. The quantitative estimate of drug-likeness (QED) is 0.122. The van der Waals surface area contributed by atoms with Crippen molar-refractivity contribution in [1.29, 1.82) is 0 Å². The van der Waals surface area contributed by atoms with E-state index in [2.05, 4.69) is 37.0 Å². The lowest BCUT2D eigenvalue weighted by atomic mass is 10.2. The number of para-hydroxylation sites is 2. The standard InChI is InChI=1S/C30H25Br2N3O6/c1-4-38-23-15-19(25(31)26(32)27(23)40-17(3)30(37)39-5-2)16-33-35-28(24-14-18-10-6-9-13-22(18)41-24)34-21-12-8-7-11-20(21)29(35)36/h6-17H,4-5H2,1-3H3/t17-/m1/s1. The summed E-state index contributed by atoms with van der Waals surface area (Å²) in [4.78, 5) is 30.5. The molecule has 3 aromatic carbocycles. The number of ether oxygens (including phenoxy) is 3. The van der Waals surface area contributed by atoms with Gasteiger partial charge in [-0.25, -0.2) is 9.78 Å². The maximum Gasteiger partial charge on any atom is 0.347 e. The first-order chi connectivity index (χ1) is 19.8. The maximum atomic E-state index is 13.6. The van der Waals surface area contributed by atoms with Gasteiger partial charge in [0.2, 0.25) is 5.82 Å². The van der Waals surface area contributed by atoms with Crippen molar-refractivity contribution in [3.63, 3.8) is 0 Å². The maximum absolute atomic E-state index is 13.6. The molecule has 0 aliphatic carbocycles. The molecule has 0 saturated carbocycles. The third kappa shape index (κ3) is 5.77. The van der Waals surface area contributed by atoms with Crippen molar-refractivity contribution in [2.75, 3.05) is 13.2 Å². The van der Waals surface area contributed by atoms with Gasteiger partial charge in [-0.15, -0.1) is 0 Å².